The van der Waals surface area contributed by atoms with Crippen molar-refractivity contribution in [2.24, 2.45) is 0 Å². The van der Waals surface area contributed by atoms with Crippen LogP contribution in [-0.2, 0) is 20.9 Å². The van der Waals surface area contributed by atoms with Gasteiger partial charge in [0, 0.05) is 18.8 Å². The maximum absolute atomic E-state index is 13.7. The van der Waals surface area contributed by atoms with Gasteiger partial charge in [-0.2, -0.15) is 12.6 Å². The van der Waals surface area contributed by atoms with Gasteiger partial charge in [-0.25, -0.2) is 4.79 Å². The van der Waals surface area contributed by atoms with Gasteiger partial charge in [0.15, 0.2) is 0 Å². The largest absolute Gasteiger partial charge is 0.444 e. The van der Waals surface area contributed by atoms with Crippen molar-refractivity contribution in [1.29, 1.82) is 0 Å². The summed E-state index contributed by atoms with van der Waals surface area (Å²) < 4.78 is 5.29. The normalized spacial score (nSPS) is 12.9. The maximum atomic E-state index is 13.7. The van der Waals surface area contributed by atoms with Crippen LogP contribution in [0.2, 0.25) is 0 Å². The minimum atomic E-state index is -1.07. The molecule has 2 rings (SSSR count). The van der Waals surface area contributed by atoms with E-state index in [0.717, 1.165) is 16.7 Å². The first-order valence-corrected chi connectivity index (χ1v) is 12.5. The Hall–Kier alpha value is -3.04. The Kier molecular flexibility index (Phi) is 10.8. The SMILES string of the molecule is Cc1cccc(C)c1C(C(=O)NCc1ccccc1)N(CCO)C(=O)C(CS)NC(=O)OC(C)(C)C. The number of alkyl carbamates (subject to hydrolysis) is 1. The number of aryl methyl sites for hydroxylation is 2. The molecule has 3 amide bonds. The predicted molar refractivity (Wildman–Crippen MR) is 143 cm³/mol. The molecule has 2 unspecified atom stereocenters. The van der Waals surface area contributed by atoms with Gasteiger partial charge in [-0.3, -0.25) is 9.59 Å². The Morgan fingerprint density at radius 2 is 1.64 bits per heavy atom. The molecule has 9 heteroatoms. The fraction of sp³-hybridized carbons (Fsp3) is 0.444. The molecule has 8 nitrogen and oxygen atoms in total. The zero-order chi connectivity index (χ0) is 26.9. The first kappa shape index (κ1) is 29.2. The summed E-state index contributed by atoms with van der Waals surface area (Å²) >= 11 is 4.26. The van der Waals surface area contributed by atoms with Crippen molar-refractivity contribution in [3.8, 4) is 0 Å². The van der Waals surface area contributed by atoms with Crippen LogP contribution >= 0.6 is 12.6 Å². The van der Waals surface area contributed by atoms with Crippen LogP contribution in [0.25, 0.3) is 0 Å². The standard InChI is InChI=1S/C27H37N3O5S/c1-18-10-9-11-19(2)22(18)23(24(32)28-16-20-12-7-6-8-13-20)30(14-15-31)25(33)21(17-36)29-26(34)35-27(3,4)5/h6-13,21,23,31,36H,14-17H2,1-5H3,(H,28,32)(H,29,34). The van der Waals surface area contributed by atoms with E-state index in [1.54, 1.807) is 20.8 Å². The molecule has 2 atom stereocenters. The Morgan fingerprint density at radius 3 is 2.17 bits per heavy atom. The van der Waals surface area contributed by atoms with Gasteiger partial charge in [0.05, 0.1) is 6.61 Å². The van der Waals surface area contributed by atoms with E-state index < -0.39 is 35.6 Å². The minimum Gasteiger partial charge on any atom is -0.444 e. The number of amides is 3. The Balaban J connectivity index is 2.43. The van der Waals surface area contributed by atoms with E-state index in [1.165, 1.54) is 4.90 Å². The molecule has 0 aliphatic heterocycles. The number of hydrogen-bond donors (Lipinski definition) is 4. The molecular weight excluding hydrogens is 478 g/mol. The predicted octanol–water partition coefficient (Wildman–Crippen LogP) is 3.30. The van der Waals surface area contributed by atoms with E-state index in [9.17, 15) is 19.5 Å². The topological polar surface area (TPSA) is 108 Å². The Morgan fingerprint density at radius 1 is 1.03 bits per heavy atom. The maximum Gasteiger partial charge on any atom is 0.408 e. The number of carbonyl (C=O) groups excluding carboxylic acids is 3. The number of ether oxygens (including phenoxy) is 1. The minimum absolute atomic E-state index is 0.0227. The molecule has 2 aromatic carbocycles. The van der Waals surface area contributed by atoms with Gasteiger partial charge < -0.3 is 25.4 Å². The highest BCUT2D eigenvalue weighted by Crippen LogP contribution is 2.28. The molecule has 0 saturated heterocycles. The molecule has 0 aromatic heterocycles. The Labute approximate surface area is 218 Å². The second kappa shape index (κ2) is 13.3. The number of hydrogen-bond acceptors (Lipinski definition) is 6. The first-order chi connectivity index (χ1) is 17.0. The number of aliphatic hydroxyl groups is 1. The van der Waals surface area contributed by atoms with Crippen molar-refractivity contribution in [3.05, 3.63) is 70.8 Å². The summed E-state index contributed by atoms with van der Waals surface area (Å²) in [6.45, 7) is 8.69. The zero-order valence-electron chi connectivity index (χ0n) is 21.6. The van der Waals surface area contributed by atoms with Gasteiger partial charge in [0.1, 0.15) is 17.7 Å². The summed E-state index contributed by atoms with van der Waals surface area (Å²) in [7, 11) is 0. The monoisotopic (exact) mass is 515 g/mol. The van der Waals surface area contributed by atoms with Crippen LogP contribution in [0.15, 0.2) is 48.5 Å². The van der Waals surface area contributed by atoms with Gasteiger partial charge in [-0.1, -0.05) is 48.5 Å². The number of carbonyl (C=O) groups is 3. The van der Waals surface area contributed by atoms with Crippen molar-refractivity contribution < 1.29 is 24.2 Å². The molecule has 36 heavy (non-hydrogen) atoms. The lowest BCUT2D eigenvalue weighted by Gasteiger charge is -2.35. The molecule has 0 aliphatic rings. The lowest BCUT2D eigenvalue weighted by atomic mass is 9.93. The van der Waals surface area contributed by atoms with Gasteiger partial charge in [-0.05, 0) is 56.9 Å². The van der Waals surface area contributed by atoms with Crippen molar-refractivity contribution in [3.63, 3.8) is 0 Å². The molecule has 196 valence electrons. The highest BCUT2D eigenvalue weighted by Gasteiger charge is 2.36. The number of benzene rings is 2. The van der Waals surface area contributed by atoms with Gasteiger partial charge in [0.25, 0.3) is 0 Å². The smallest absolute Gasteiger partial charge is 0.408 e. The van der Waals surface area contributed by atoms with E-state index in [2.05, 4.69) is 23.3 Å². The number of thiol groups is 1. The number of nitrogens with one attached hydrogen (secondary N) is 2. The van der Waals surface area contributed by atoms with E-state index in [-0.39, 0.29) is 25.4 Å². The molecule has 3 N–H and O–H groups in total. The van der Waals surface area contributed by atoms with E-state index >= 15 is 0 Å². The van der Waals surface area contributed by atoms with Gasteiger partial charge in [-0.15, -0.1) is 0 Å². The molecule has 0 spiro atoms. The second-order valence-corrected chi connectivity index (χ2v) is 9.91. The summed E-state index contributed by atoms with van der Waals surface area (Å²) in [4.78, 5) is 41.0. The van der Waals surface area contributed by atoms with E-state index in [4.69, 9.17) is 4.74 Å². The van der Waals surface area contributed by atoms with Gasteiger partial charge >= 0.3 is 6.09 Å². The molecule has 0 heterocycles. The third-order valence-electron chi connectivity index (χ3n) is 5.48. The lowest BCUT2D eigenvalue weighted by molar-refractivity contribution is -0.142. The highest BCUT2D eigenvalue weighted by atomic mass is 32.1. The lowest BCUT2D eigenvalue weighted by Crippen LogP contribution is -2.54. The summed E-state index contributed by atoms with van der Waals surface area (Å²) in [5, 5.41) is 15.3. The molecule has 0 aliphatic carbocycles. The number of rotatable bonds is 10. The van der Waals surface area contributed by atoms with E-state index in [0.29, 0.717) is 5.56 Å². The summed E-state index contributed by atoms with van der Waals surface area (Å²) in [5.74, 6) is -0.967. The average Bonchev–Trinajstić information content (AvgIpc) is 2.81. The first-order valence-electron chi connectivity index (χ1n) is 11.9. The molecule has 0 radical (unpaired) electrons. The average molecular weight is 516 g/mol. The number of aliphatic hydroxyl groups excluding tert-OH is 1. The van der Waals surface area contributed by atoms with Crippen molar-refractivity contribution in [2.45, 2.75) is 58.8 Å². The summed E-state index contributed by atoms with van der Waals surface area (Å²) in [5.41, 5.74) is 2.48. The van der Waals surface area contributed by atoms with Crippen LogP contribution in [-0.4, -0.2) is 58.5 Å². The summed E-state index contributed by atoms with van der Waals surface area (Å²) in [6.07, 6.45) is -0.768. The van der Waals surface area contributed by atoms with Crippen molar-refractivity contribution in [1.82, 2.24) is 15.5 Å². The van der Waals surface area contributed by atoms with Crippen LogP contribution in [0.1, 0.15) is 49.1 Å². The van der Waals surface area contributed by atoms with Crippen LogP contribution in [0, 0.1) is 13.8 Å². The third-order valence-corrected chi connectivity index (χ3v) is 5.85. The summed E-state index contributed by atoms with van der Waals surface area (Å²) in [6, 6.07) is 13.0. The molecular formula is C27H37N3O5S. The Bertz CT molecular complexity index is 1020. The van der Waals surface area contributed by atoms with E-state index in [1.807, 2.05) is 62.4 Å². The quantitative estimate of drug-likeness (QED) is 0.363. The van der Waals surface area contributed by atoms with Crippen molar-refractivity contribution in [2.75, 3.05) is 18.9 Å². The van der Waals surface area contributed by atoms with Crippen LogP contribution < -0.4 is 10.6 Å². The van der Waals surface area contributed by atoms with Crippen molar-refractivity contribution >= 4 is 30.5 Å². The van der Waals surface area contributed by atoms with Crippen LogP contribution in [0.4, 0.5) is 4.79 Å². The molecule has 0 saturated carbocycles. The van der Waals surface area contributed by atoms with Crippen LogP contribution in [0.5, 0.6) is 0 Å². The molecule has 2 aromatic rings. The molecule has 0 bridgehead atoms. The third kappa shape index (κ3) is 8.27. The fourth-order valence-corrected chi connectivity index (χ4v) is 4.13. The number of nitrogens with zero attached hydrogens (tertiary/aromatic N) is 1. The van der Waals surface area contributed by atoms with Gasteiger partial charge in [0.2, 0.25) is 11.8 Å². The second-order valence-electron chi connectivity index (χ2n) is 9.55. The molecule has 0 fully saturated rings. The fourth-order valence-electron chi connectivity index (χ4n) is 3.88. The van der Waals surface area contributed by atoms with Crippen LogP contribution in [0.3, 0.4) is 0 Å². The zero-order valence-corrected chi connectivity index (χ0v) is 22.5. The highest BCUT2D eigenvalue weighted by molar-refractivity contribution is 7.80.